The maximum absolute atomic E-state index is 12.4. The number of nitrogens with two attached hydrogens (primary N) is 6. The van der Waals surface area contributed by atoms with Crippen LogP contribution < -0.4 is 82.3 Å². The number of aliphatic hydroxyl groups excluding tert-OH is 13. The molecule has 0 aliphatic carbocycles. The zero-order valence-electron chi connectivity index (χ0n) is 73.7. The number of phenols is 2. The molecule has 57 heteroatoms. The van der Waals surface area contributed by atoms with E-state index in [1.807, 2.05) is 50.6 Å². The number of ketones is 4. The van der Waals surface area contributed by atoms with Crippen molar-refractivity contribution in [3.05, 3.63) is 59.7 Å². The van der Waals surface area contributed by atoms with Gasteiger partial charge in [-0.05, 0) is 123 Å². The number of Topliss-reactive ketones (excluding diaryl/α,β-unsaturated/α-hetero) is 4. The Balaban J connectivity index is -0.0000000671. The van der Waals surface area contributed by atoms with Crippen LogP contribution in [-0.2, 0) is 75.5 Å². The number of carbonyl (C=O) groups is 15. The molecule has 8 amide bonds. The van der Waals surface area contributed by atoms with Crippen LogP contribution in [0.25, 0.3) is 0 Å². The third kappa shape index (κ3) is 82.3. The summed E-state index contributed by atoms with van der Waals surface area (Å²) in [4.78, 5) is 174. The predicted molar refractivity (Wildman–Crippen MR) is 467 cm³/mol. The molecule has 0 radical (unpaired) electrons. The minimum Gasteiger partial charge on any atom is -0.870 e. The number of carbonyl (C=O) groups excluding carboxylic acids is 15. The van der Waals surface area contributed by atoms with Gasteiger partial charge < -0.3 is 215 Å². The number of phenolic OH excluding ortho intramolecular Hbond substituents is 1. The van der Waals surface area contributed by atoms with Gasteiger partial charge in [0.1, 0.15) is 102 Å². The van der Waals surface area contributed by atoms with Crippen molar-refractivity contribution < 1.29 is 176 Å². The summed E-state index contributed by atoms with van der Waals surface area (Å²) < 4.78 is 0. The monoisotopic (exact) mass is 1880 g/mol. The van der Waals surface area contributed by atoms with Gasteiger partial charge in [-0.2, -0.15) is 29.9 Å². The van der Waals surface area contributed by atoms with Crippen molar-refractivity contribution in [3.63, 3.8) is 0 Å². The van der Waals surface area contributed by atoms with Gasteiger partial charge >= 0.3 is 12.1 Å². The molecule has 4 rings (SSSR count). The summed E-state index contributed by atoms with van der Waals surface area (Å²) in [5.41, 5.74) is 23.7. The molecule has 756 valence electrons. The summed E-state index contributed by atoms with van der Waals surface area (Å²) in [6.07, 6.45) is 0. The highest BCUT2D eigenvalue weighted by Gasteiger charge is 2.41. The molecule has 0 aliphatic rings. The number of primary amides is 2. The molecule has 0 unspecified atom stereocenters. The smallest absolute Gasteiger partial charge is 0.318 e. The molecule has 0 saturated carbocycles. The molecule has 0 bridgehead atoms. The number of hydrogen-bond donors (Lipinski definition) is 30. The van der Waals surface area contributed by atoms with Crippen molar-refractivity contribution in [3.8, 4) is 11.5 Å². The fourth-order valence-electron chi connectivity index (χ4n) is 6.19. The van der Waals surface area contributed by atoms with Crippen molar-refractivity contribution in [2.24, 2.45) is 29.0 Å². The molecule has 4 aromatic rings. The predicted octanol–water partition coefficient (Wildman–Crippen LogP) is -7.18. The number of aromatic hydroxyl groups is 2. The fraction of sp³-hybridized carbons (Fsp3) is 0.542. The van der Waals surface area contributed by atoms with Crippen LogP contribution in [0.1, 0.15) is 137 Å². The number of anilines is 6. The molecule has 41 N–H and O–H groups in total. The van der Waals surface area contributed by atoms with Crippen LogP contribution in [-0.4, -0.2) is 338 Å². The Hall–Kier alpha value is -12.5. The van der Waals surface area contributed by atoms with Crippen LogP contribution in [0.4, 0.5) is 45.3 Å². The van der Waals surface area contributed by atoms with Gasteiger partial charge in [-0.3, -0.25) is 33.6 Å². The Morgan fingerprint density at radius 1 is 0.395 bits per heavy atom. The Labute approximate surface area is 747 Å². The summed E-state index contributed by atoms with van der Waals surface area (Å²) in [6, 6.07) is 12.2. The molecular weight excluding hydrogens is 1730 g/mol. The van der Waals surface area contributed by atoms with Crippen LogP contribution in [0.3, 0.4) is 0 Å². The molecule has 2 aromatic carbocycles. The number of nitrogen functional groups attached to an aromatic ring is 3. The highest BCUT2D eigenvalue weighted by Crippen LogP contribution is 2.22. The van der Waals surface area contributed by atoms with E-state index in [-0.39, 0.29) is 134 Å². The van der Waals surface area contributed by atoms with E-state index < -0.39 is 140 Å². The van der Waals surface area contributed by atoms with Gasteiger partial charge in [0.25, 0.3) is 0 Å². The van der Waals surface area contributed by atoms with E-state index in [9.17, 15) is 58.5 Å². The van der Waals surface area contributed by atoms with E-state index in [0.29, 0.717) is 16.9 Å². The Morgan fingerprint density at radius 2 is 0.643 bits per heavy atom. The zero-order valence-corrected chi connectivity index (χ0v) is 73.7. The molecule has 129 heavy (non-hydrogen) atoms. The van der Waals surface area contributed by atoms with Crippen LogP contribution in [0.15, 0.2) is 48.5 Å². The molecule has 0 atom stereocenters. The second-order valence-electron chi connectivity index (χ2n) is 25.7. The molecule has 2 heterocycles. The van der Waals surface area contributed by atoms with E-state index in [1.54, 1.807) is 97.9 Å². The van der Waals surface area contributed by atoms with E-state index >= 15 is 0 Å². The van der Waals surface area contributed by atoms with Gasteiger partial charge in [-0.25, -0.2) is 14.5 Å². The first kappa shape index (κ1) is 160. The largest absolute Gasteiger partial charge is 0.870 e. The quantitative estimate of drug-likeness (QED) is 0.0225. The summed E-state index contributed by atoms with van der Waals surface area (Å²) >= 11 is 0. The molecular formula is C72H143N22O35-5. The number of rotatable bonds is 29. The van der Waals surface area contributed by atoms with Crippen molar-refractivity contribution in [1.29, 1.82) is 0 Å². The molecule has 0 aliphatic heterocycles. The lowest BCUT2D eigenvalue weighted by Gasteiger charge is -2.38. The van der Waals surface area contributed by atoms with Crippen LogP contribution >= 0.6 is 0 Å². The summed E-state index contributed by atoms with van der Waals surface area (Å²) in [6.45, 7) is 29.3. The first-order chi connectivity index (χ1) is 56.6. The first-order valence-electron chi connectivity index (χ1n) is 34.4. The molecule has 0 fully saturated rings. The van der Waals surface area contributed by atoms with E-state index in [4.69, 9.17) is 113 Å². The second-order valence-corrected chi connectivity index (χ2v) is 25.7. The SMILES string of the molecule is C.C.C=O.C=O.C=O.C=O.C=O.CC(=O)C(C)(C)NC(=O)C(C)(C)NC(=O)C(C)(C)N.CC(=O)C(C)(C)NC(=O)C(C)(C)NC(=O)C(C)(C)N(CO)CO.CC(C)=O.NC(N)=O.Nc1nc(N)nc(N)n1.O=C(C(CO)CO)C(CO)CO.O=C(NCO)NCO.OCNc1nc(NCO)nc(NCO)n1.OCc1cccc(CO)c1O.Oc1ccccc1.[OH-].[OH-].[OH-].[OH-].[OH-]. The fourth-order valence-corrected chi connectivity index (χ4v) is 6.19. The van der Waals surface area contributed by atoms with Gasteiger partial charge in [0.15, 0.2) is 11.6 Å². The van der Waals surface area contributed by atoms with Crippen molar-refractivity contribution in [2.45, 2.75) is 172 Å². The van der Waals surface area contributed by atoms with Crippen molar-refractivity contribution in [2.75, 3.05) is 107 Å². The van der Waals surface area contributed by atoms with E-state index in [0.717, 1.165) is 4.90 Å². The van der Waals surface area contributed by atoms with Gasteiger partial charge in [-0.1, -0.05) is 51.3 Å². The van der Waals surface area contributed by atoms with Crippen LogP contribution in [0, 0.1) is 11.8 Å². The third-order valence-corrected chi connectivity index (χ3v) is 13.4. The number of amides is 8. The van der Waals surface area contributed by atoms with Gasteiger partial charge in [-0.15, -0.1) is 0 Å². The lowest BCUT2D eigenvalue weighted by molar-refractivity contribution is -0.144. The standard InChI is InChI=1S/C15H29N3O5.C13H25N3O3.C8H10O3.C7H14O5.C6H12N6O3.C6H6O.C3H6N6.C3H8N2O3.C3H6O.CH4N2O.5CH2O.2CH4.5H2O/c1-10(21)13(2,3)16-11(22)14(4,5)17-12(23)15(6,7)18(8-19)9-20;1-8(17)12(4,5)16-10(19)13(6,7)15-9(18)11(2,3)14;9-4-6-2-1-3-7(5-10)8(6)11;8-1-5(2-9)7(12)6(3-10)4-11;13-1-7-4-10-5(8-2-14)12-6(11-4)9-3-15;7-6-4-2-1-3-5-6;4-1-7-2(5)9-3(6)8-1;6-1-4-3(8)5-2-7;1-3(2)4;2-1(3)4;5*1-2;;;;;;;/h19-20H,8-9H2,1-7H3,(H,16,22)(H,17,23);14H2,1-7H3,(H,15,18)(H,16,19);1-3,9-11H,4-5H2;5-6,8-11H,1-4H2;13-15H,1-3H2,(H3,7,8,9,10,11,12);1-5,7H;(H6,4,5,6,7,8,9);6-7H,1-2H2,(H2,4,5,8);1-2H3;(H4,2,3,4);5*1H2;2*1H4;5*1H2/p-5. The number of para-hydroxylation sites is 2. The van der Waals surface area contributed by atoms with Crippen molar-refractivity contribution >= 4 is 128 Å². The topological polar surface area (TPSA) is 1050 Å². The lowest BCUT2D eigenvalue weighted by Crippen LogP contribution is -2.65. The van der Waals surface area contributed by atoms with Crippen LogP contribution in [0.2, 0.25) is 0 Å². The number of nitrogens with zero attached hydrogens (tertiary/aromatic N) is 7. The second kappa shape index (κ2) is 91.7. The van der Waals surface area contributed by atoms with E-state index in [2.05, 4.69) is 78.6 Å². The normalized spacial score (nSPS) is 9.40. The number of aliphatic hydroxyl groups is 13. The van der Waals surface area contributed by atoms with Gasteiger partial charge in [0, 0.05) is 11.1 Å². The maximum atomic E-state index is 12.4. The number of urea groups is 2. The van der Waals surface area contributed by atoms with Crippen molar-refractivity contribution in [1.82, 2.24) is 66.7 Å². The molecule has 0 spiro atoms. The van der Waals surface area contributed by atoms with E-state index in [1.165, 1.54) is 55.4 Å². The molecule has 2 aromatic heterocycles. The highest BCUT2D eigenvalue weighted by molar-refractivity contribution is 5.98. The van der Waals surface area contributed by atoms with Gasteiger partial charge in [0.2, 0.25) is 59.3 Å². The Bertz CT molecular complexity index is 3350. The molecule has 57 nitrogen and oxygen atoms in total. The minimum absolute atomic E-state index is 0. The third-order valence-electron chi connectivity index (χ3n) is 13.4. The lowest BCUT2D eigenvalue weighted by atomic mass is 9.95. The average molecular weight is 1880 g/mol. The number of benzene rings is 2. The highest BCUT2D eigenvalue weighted by atomic mass is 16.3. The number of hydrogen-bond acceptors (Lipinski definition) is 49. The average Bonchev–Trinajstić information content (AvgIpc) is 0.801. The molecule has 0 saturated heterocycles. The van der Waals surface area contributed by atoms with Crippen LogP contribution in [0.5, 0.6) is 11.5 Å². The summed E-state index contributed by atoms with van der Waals surface area (Å²) in [7, 11) is 0. The minimum atomic E-state index is -1.28. The summed E-state index contributed by atoms with van der Waals surface area (Å²) in [5, 5.41) is 152. The Kier molecular flexibility index (Phi) is 114. The maximum Gasteiger partial charge on any atom is 0.318 e. The van der Waals surface area contributed by atoms with Gasteiger partial charge in [0.05, 0.1) is 87.1 Å². The zero-order chi connectivity index (χ0) is 98.7. The number of aromatic nitrogens is 6. The number of nitrogens with one attached hydrogen (secondary N) is 9. The Morgan fingerprint density at radius 3 is 0.837 bits per heavy atom. The summed E-state index contributed by atoms with van der Waals surface area (Å²) in [5.74, 6) is -3.63. The first-order valence-corrected chi connectivity index (χ1v) is 34.4.